The number of halogens is 4. The predicted molar refractivity (Wildman–Crippen MR) is 195 cm³/mol. The Morgan fingerprint density at radius 3 is 1.75 bits per heavy atom. The summed E-state index contributed by atoms with van der Waals surface area (Å²) in [5.74, 6) is -1.22. The molecule has 2 fully saturated rings. The van der Waals surface area contributed by atoms with Crippen molar-refractivity contribution in [1.29, 1.82) is 0 Å². The molecular formula is C38H36F4N8O6S. The number of hydrogen-bond donors (Lipinski definition) is 1. The molecule has 4 aliphatic rings. The number of nitrogens with zero attached hydrogens (tertiary/aromatic N) is 8. The van der Waals surface area contributed by atoms with Gasteiger partial charge in [0.15, 0.2) is 0 Å². The lowest BCUT2D eigenvalue weighted by Crippen LogP contribution is -2.41. The van der Waals surface area contributed by atoms with Crippen molar-refractivity contribution < 1.29 is 35.3 Å². The van der Waals surface area contributed by atoms with Gasteiger partial charge >= 0.3 is 11.4 Å². The summed E-state index contributed by atoms with van der Waals surface area (Å²) in [6.45, 7) is 0. The summed E-state index contributed by atoms with van der Waals surface area (Å²) in [5, 5.41) is 13.1. The Labute approximate surface area is 321 Å². The van der Waals surface area contributed by atoms with E-state index in [9.17, 15) is 35.6 Å². The predicted octanol–water partition coefficient (Wildman–Crippen LogP) is 4.99. The van der Waals surface area contributed by atoms with Crippen molar-refractivity contribution in [2.24, 2.45) is 5.92 Å². The van der Waals surface area contributed by atoms with Gasteiger partial charge in [-0.15, -0.1) is 0 Å². The number of benzene rings is 2. The Hall–Kier alpha value is -5.56. The van der Waals surface area contributed by atoms with E-state index in [4.69, 9.17) is 9.29 Å². The van der Waals surface area contributed by atoms with Gasteiger partial charge in [-0.25, -0.2) is 41.0 Å². The van der Waals surface area contributed by atoms with E-state index in [0.717, 1.165) is 23.4 Å². The largest absolute Gasteiger partial charge is 0.488 e. The molecule has 6 heterocycles. The van der Waals surface area contributed by atoms with Crippen LogP contribution in [0.15, 0.2) is 76.6 Å². The third-order valence-corrected chi connectivity index (χ3v) is 12.3. The Morgan fingerprint density at radius 2 is 1.25 bits per heavy atom. The molecule has 2 saturated carbocycles. The number of fused-ring (bicyclic) bond motifs is 3. The van der Waals surface area contributed by atoms with E-state index in [0.29, 0.717) is 74.1 Å². The highest BCUT2D eigenvalue weighted by molar-refractivity contribution is 7.85. The summed E-state index contributed by atoms with van der Waals surface area (Å²) in [4.78, 5) is 25.8. The Morgan fingerprint density at radius 1 is 0.737 bits per heavy atom. The zero-order chi connectivity index (χ0) is 39.7. The molecule has 19 heteroatoms. The van der Waals surface area contributed by atoms with Gasteiger partial charge < -0.3 is 4.74 Å². The second-order valence-electron chi connectivity index (χ2n) is 15.2. The molecule has 0 amide bonds. The third kappa shape index (κ3) is 7.06. The number of ether oxygens (including phenoxy) is 1. The quantitative estimate of drug-likeness (QED) is 0.165. The first-order valence-electron chi connectivity index (χ1n) is 18.6. The van der Waals surface area contributed by atoms with Crippen molar-refractivity contribution in [3.8, 4) is 5.75 Å². The van der Waals surface area contributed by atoms with Crippen LogP contribution in [0.4, 0.5) is 17.6 Å². The number of hydrogen-bond acceptors (Lipinski definition) is 8. The maximum Gasteiger partial charge on any atom is 0.346 e. The molecule has 4 aromatic heterocycles. The van der Waals surface area contributed by atoms with Crippen LogP contribution >= 0.6 is 0 Å². The summed E-state index contributed by atoms with van der Waals surface area (Å²) in [5.41, 5.74) is 1.16. The normalized spacial score (nSPS) is 23.7. The van der Waals surface area contributed by atoms with Gasteiger partial charge in [0.25, 0.3) is 10.1 Å². The first-order valence-corrected chi connectivity index (χ1v) is 20.2. The van der Waals surface area contributed by atoms with Crippen LogP contribution in [0.5, 0.6) is 5.75 Å². The minimum absolute atomic E-state index is 0.0114. The second kappa shape index (κ2) is 14.1. The number of rotatable bonds is 8. The summed E-state index contributed by atoms with van der Waals surface area (Å²) in [6, 6.07) is 11.2. The zero-order valence-corrected chi connectivity index (χ0v) is 31.0. The van der Waals surface area contributed by atoms with Crippen molar-refractivity contribution in [1.82, 2.24) is 38.3 Å². The molecule has 0 spiro atoms. The average Bonchev–Trinajstić information content (AvgIpc) is 3.93. The number of aryl methyl sites for hydroxylation is 2. The van der Waals surface area contributed by atoms with Crippen LogP contribution in [-0.2, 0) is 23.0 Å². The van der Waals surface area contributed by atoms with Crippen LogP contribution in [0.25, 0.3) is 5.52 Å². The molecule has 0 unspecified atom stereocenters. The molecule has 0 bridgehead atoms. The van der Waals surface area contributed by atoms with Crippen molar-refractivity contribution in [2.45, 2.75) is 81.6 Å². The molecule has 2 aromatic carbocycles. The van der Waals surface area contributed by atoms with Crippen molar-refractivity contribution in [3.63, 3.8) is 0 Å². The molecule has 6 aromatic rings. The second-order valence-corrected chi connectivity index (χ2v) is 16.7. The summed E-state index contributed by atoms with van der Waals surface area (Å²) >= 11 is 0. The van der Waals surface area contributed by atoms with Crippen LogP contribution in [-0.4, -0.2) is 63.1 Å². The monoisotopic (exact) mass is 808 g/mol. The lowest BCUT2D eigenvalue weighted by atomic mass is 9.82. The van der Waals surface area contributed by atoms with Gasteiger partial charge in [0.1, 0.15) is 52.3 Å². The maximum absolute atomic E-state index is 13.7. The van der Waals surface area contributed by atoms with Gasteiger partial charge in [0, 0.05) is 50.1 Å². The fourth-order valence-corrected chi connectivity index (χ4v) is 9.51. The summed E-state index contributed by atoms with van der Waals surface area (Å²) < 4.78 is 98.9. The lowest BCUT2D eigenvalue weighted by molar-refractivity contribution is 0.0632. The van der Waals surface area contributed by atoms with Gasteiger partial charge in [0.2, 0.25) is 0 Å². The average molecular weight is 809 g/mol. The smallest absolute Gasteiger partial charge is 0.346 e. The molecule has 0 saturated heterocycles. The lowest BCUT2D eigenvalue weighted by Gasteiger charge is -2.34. The molecule has 298 valence electrons. The maximum atomic E-state index is 13.7. The Bertz CT molecular complexity index is 2710. The third-order valence-electron chi connectivity index (χ3n) is 11.4. The van der Waals surface area contributed by atoms with Crippen LogP contribution in [0.2, 0.25) is 0 Å². The van der Waals surface area contributed by atoms with Crippen molar-refractivity contribution in [3.05, 3.63) is 134 Å². The standard InChI is InChI=1S/C22H19F2N5O2.C16H17F2N3O4S/c23-14-8-13(9-15(24)10-14)18-3-4-21-26-29(22(30)28(18)21)16-11-17(12-16)31-20-5-6-25-27-7-1-2-19(20)27;17-11-5-10(6-12(18)7-11)14-1-2-15-19-21(16(22)20(14)15)13-3-9(4-13)8-26(23,24)25/h1-2,5-10,16-18H,3-4,11-12H2;5-7,9,13-14H,1-4,8H2,(H,23,24,25)/t16?,17?,18-;9?,13?,14-/m00/s1. The molecule has 2 aliphatic heterocycles. The van der Waals surface area contributed by atoms with E-state index in [1.165, 1.54) is 38.2 Å². The minimum Gasteiger partial charge on any atom is -0.488 e. The van der Waals surface area contributed by atoms with Gasteiger partial charge in [0.05, 0.1) is 36.1 Å². The SMILES string of the molecule is O=c1n(C2CC(CS(=O)(=O)O)C2)nc2n1[C@H](c1cc(F)cc(F)c1)CC2.O=c1n(C2CC(Oc3ccnn4cccc34)C2)nc2n1[C@H](c1cc(F)cc(F)c1)CC2. The summed E-state index contributed by atoms with van der Waals surface area (Å²) in [6.07, 6.45) is 8.03. The van der Waals surface area contributed by atoms with Gasteiger partial charge in [-0.2, -0.15) is 23.7 Å². The first kappa shape index (κ1) is 37.0. The minimum atomic E-state index is -4.03. The van der Waals surface area contributed by atoms with Crippen molar-refractivity contribution >= 4 is 15.6 Å². The molecule has 1 N–H and O–H groups in total. The van der Waals surface area contributed by atoms with E-state index in [2.05, 4.69) is 15.3 Å². The Balaban J connectivity index is 0.000000151. The fraction of sp³-hybridized carbons (Fsp3) is 0.395. The Kier molecular flexibility index (Phi) is 9.18. The topological polar surface area (TPSA) is 161 Å². The van der Waals surface area contributed by atoms with E-state index in [1.54, 1.807) is 15.3 Å². The van der Waals surface area contributed by atoms with Crippen LogP contribution in [0, 0.1) is 29.2 Å². The summed E-state index contributed by atoms with van der Waals surface area (Å²) in [7, 11) is -4.03. The molecule has 57 heavy (non-hydrogen) atoms. The number of aromatic nitrogens is 8. The van der Waals surface area contributed by atoms with E-state index >= 15 is 0 Å². The molecular weight excluding hydrogens is 773 g/mol. The highest BCUT2D eigenvalue weighted by Gasteiger charge is 2.39. The van der Waals surface area contributed by atoms with E-state index in [1.807, 2.05) is 24.4 Å². The van der Waals surface area contributed by atoms with Crippen molar-refractivity contribution in [2.75, 3.05) is 5.75 Å². The molecule has 2 aliphatic carbocycles. The van der Waals surface area contributed by atoms with Crippen LogP contribution in [0.1, 0.15) is 85.5 Å². The highest BCUT2D eigenvalue weighted by atomic mass is 32.2. The van der Waals surface area contributed by atoms with Gasteiger partial charge in [-0.05, 0) is 79.1 Å². The first-order chi connectivity index (χ1) is 27.3. The fourth-order valence-electron chi connectivity index (χ4n) is 8.65. The van der Waals surface area contributed by atoms with Crippen LogP contribution < -0.4 is 16.1 Å². The molecule has 14 nitrogen and oxygen atoms in total. The zero-order valence-electron chi connectivity index (χ0n) is 30.2. The van der Waals surface area contributed by atoms with Gasteiger partial charge in [-0.1, -0.05) is 0 Å². The van der Waals surface area contributed by atoms with E-state index in [-0.39, 0.29) is 41.2 Å². The van der Waals surface area contributed by atoms with E-state index < -0.39 is 45.5 Å². The molecule has 0 radical (unpaired) electrons. The highest BCUT2D eigenvalue weighted by Crippen LogP contribution is 2.39. The molecule has 2 atom stereocenters. The van der Waals surface area contributed by atoms with Crippen LogP contribution in [0.3, 0.4) is 0 Å². The van der Waals surface area contributed by atoms with Gasteiger partial charge in [-0.3, -0.25) is 13.7 Å². The molecule has 10 rings (SSSR count).